The predicted molar refractivity (Wildman–Crippen MR) is 159 cm³/mol. The first kappa shape index (κ1) is 26.0. The Kier molecular flexibility index (Phi) is 7.43. The minimum absolute atomic E-state index is 0.0756. The van der Waals surface area contributed by atoms with E-state index in [1.54, 1.807) is 11.8 Å². The van der Waals surface area contributed by atoms with Crippen molar-refractivity contribution in [2.24, 2.45) is 0 Å². The zero-order valence-corrected chi connectivity index (χ0v) is 22.8. The molecule has 3 amide bonds. The number of aliphatic hydroxyl groups excluding tert-OH is 1. The Morgan fingerprint density at radius 1 is 0.975 bits per heavy atom. The molecule has 0 unspecified atom stereocenters. The lowest BCUT2D eigenvalue weighted by Gasteiger charge is -2.27. The van der Waals surface area contributed by atoms with Gasteiger partial charge in [-0.1, -0.05) is 42.1 Å². The molecule has 0 radical (unpaired) electrons. The Morgan fingerprint density at radius 3 is 2.48 bits per heavy atom. The summed E-state index contributed by atoms with van der Waals surface area (Å²) in [7, 11) is 0. The van der Waals surface area contributed by atoms with Crippen LogP contribution in [0.5, 0.6) is 0 Å². The fraction of sp³-hybridized carbons (Fsp3) is 0.103. The van der Waals surface area contributed by atoms with Crippen molar-refractivity contribution in [3.63, 3.8) is 0 Å². The smallest absolute Gasteiger partial charge is 0.332 e. The Hall–Kier alpha value is -4.29. The molecule has 0 fully saturated rings. The summed E-state index contributed by atoms with van der Waals surface area (Å²) in [6.07, 6.45) is 1.41. The van der Waals surface area contributed by atoms with Crippen LogP contribution in [0.1, 0.15) is 15.2 Å². The van der Waals surface area contributed by atoms with Crippen LogP contribution < -0.4 is 20.9 Å². The maximum atomic E-state index is 13.4. The largest absolute Gasteiger partial charge is 0.395 e. The molecule has 0 saturated heterocycles. The molecule has 0 atom stereocenters. The third kappa shape index (κ3) is 5.27. The average Bonchev–Trinajstić information content (AvgIpc) is 3.35. The van der Waals surface area contributed by atoms with Gasteiger partial charge in [0, 0.05) is 28.6 Å². The first-order chi connectivity index (χ1) is 19.6. The molecule has 9 nitrogen and oxygen atoms in total. The number of aliphatic hydroxyl groups is 1. The second kappa shape index (κ2) is 11.4. The summed E-state index contributed by atoms with van der Waals surface area (Å²) in [5.74, 6) is 0.0911. The van der Waals surface area contributed by atoms with Crippen molar-refractivity contribution in [1.29, 1.82) is 0 Å². The van der Waals surface area contributed by atoms with Crippen molar-refractivity contribution >= 4 is 68.1 Å². The molecule has 0 saturated carbocycles. The maximum absolute atomic E-state index is 13.4. The monoisotopic (exact) mass is 568 g/mol. The van der Waals surface area contributed by atoms with E-state index in [0.29, 0.717) is 51.1 Å². The number of thiophene rings is 1. The second-order valence-corrected chi connectivity index (χ2v) is 11.1. The van der Waals surface area contributed by atoms with E-state index < -0.39 is 6.03 Å². The summed E-state index contributed by atoms with van der Waals surface area (Å²) in [6.45, 7) is 1.21. The quantitative estimate of drug-likeness (QED) is 0.164. The molecular formula is C29H24N6O3S2. The number of nitrogens with one attached hydrogen (secondary N) is 3. The minimum Gasteiger partial charge on any atom is -0.395 e. The van der Waals surface area contributed by atoms with Gasteiger partial charge in [0.05, 0.1) is 23.4 Å². The van der Waals surface area contributed by atoms with E-state index in [2.05, 4.69) is 25.9 Å². The van der Waals surface area contributed by atoms with E-state index in [9.17, 15) is 9.59 Å². The number of benzene rings is 3. The van der Waals surface area contributed by atoms with E-state index in [1.807, 2.05) is 78.9 Å². The van der Waals surface area contributed by atoms with Crippen LogP contribution in [0.15, 0.2) is 95.0 Å². The average molecular weight is 569 g/mol. The topological polar surface area (TPSA) is 119 Å². The van der Waals surface area contributed by atoms with Gasteiger partial charge in [-0.3, -0.25) is 4.79 Å². The highest BCUT2D eigenvalue weighted by Crippen LogP contribution is 2.45. The van der Waals surface area contributed by atoms with Crippen LogP contribution in [-0.2, 0) is 6.54 Å². The van der Waals surface area contributed by atoms with E-state index in [-0.39, 0.29) is 12.5 Å². The molecule has 1 aliphatic rings. The number of hydrogen-bond acceptors (Lipinski definition) is 8. The number of nitrogens with zero attached hydrogens (tertiary/aromatic N) is 3. The summed E-state index contributed by atoms with van der Waals surface area (Å²) >= 11 is 2.85. The Balaban J connectivity index is 1.25. The summed E-state index contributed by atoms with van der Waals surface area (Å²) in [5, 5.41) is 18.5. The molecule has 5 aromatic rings. The highest BCUT2D eigenvalue weighted by molar-refractivity contribution is 7.99. The van der Waals surface area contributed by atoms with Crippen LogP contribution in [0.25, 0.3) is 10.2 Å². The number of rotatable bonds is 9. The molecule has 3 aromatic carbocycles. The first-order valence-electron chi connectivity index (χ1n) is 12.5. The van der Waals surface area contributed by atoms with Gasteiger partial charge >= 0.3 is 6.03 Å². The van der Waals surface area contributed by atoms with E-state index in [0.717, 1.165) is 15.4 Å². The molecule has 40 heavy (non-hydrogen) atoms. The van der Waals surface area contributed by atoms with Crippen LogP contribution >= 0.6 is 23.1 Å². The van der Waals surface area contributed by atoms with Gasteiger partial charge < -0.3 is 21.1 Å². The van der Waals surface area contributed by atoms with Crippen molar-refractivity contribution in [3.8, 4) is 0 Å². The maximum Gasteiger partial charge on any atom is 0.332 e. The summed E-state index contributed by atoms with van der Waals surface area (Å²) < 4.78 is 0. The lowest BCUT2D eigenvalue weighted by atomic mass is 10.2. The predicted octanol–water partition coefficient (Wildman–Crippen LogP) is 5.86. The third-order valence-electron chi connectivity index (χ3n) is 6.22. The number of aromatic nitrogens is 2. The molecule has 3 heterocycles. The fourth-order valence-electron chi connectivity index (χ4n) is 4.36. The highest BCUT2D eigenvalue weighted by Gasteiger charge is 2.33. The van der Waals surface area contributed by atoms with Crippen molar-refractivity contribution in [2.45, 2.75) is 16.3 Å². The normalized spacial score (nSPS) is 12.4. The molecule has 2 aromatic heterocycles. The lowest BCUT2D eigenvalue weighted by molar-refractivity contribution is 0.103. The van der Waals surface area contributed by atoms with Crippen LogP contribution in [-0.4, -0.2) is 40.2 Å². The number of hydrogen-bond donors (Lipinski definition) is 4. The standard InChI is InChI=1S/C29H24N6O3S2/c36-15-14-30-16-18-6-8-19(9-7-18)33-27(37)25-24-23-26(31-17-32-28(23)40-25)35(29(38)34-24)20-10-12-22(13-11-20)39-21-4-2-1-3-5-21/h1-13,17,30,36H,14-16H2,(H,33,37)(H,34,38). The molecule has 0 bridgehead atoms. The van der Waals surface area contributed by atoms with Gasteiger partial charge in [0.25, 0.3) is 5.91 Å². The zero-order chi connectivity index (χ0) is 27.5. The van der Waals surface area contributed by atoms with Gasteiger partial charge in [-0.15, -0.1) is 11.3 Å². The van der Waals surface area contributed by atoms with Gasteiger partial charge in [-0.25, -0.2) is 19.7 Å². The van der Waals surface area contributed by atoms with Crippen molar-refractivity contribution in [2.75, 3.05) is 28.7 Å². The highest BCUT2D eigenvalue weighted by atomic mass is 32.2. The molecule has 1 aliphatic heterocycles. The molecule has 4 N–H and O–H groups in total. The van der Waals surface area contributed by atoms with Crippen molar-refractivity contribution in [3.05, 3.63) is 95.6 Å². The van der Waals surface area contributed by atoms with Gasteiger partial charge in [-0.05, 0) is 54.1 Å². The second-order valence-electron chi connectivity index (χ2n) is 8.91. The summed E-state index contributed by atoms with van der Waals surface area (Å²) in [4.78, 5) is 40.1. The minimum atomic E-state index is -0.400. The number of carbonyl (C=O) groups excluding carboxylic acids is 2. The molecular weight excluding hydrogens is 544 g/mol. The van der Waals surface area contributed by atoms with Gasteiger partial charge in [0.15, 0.2) is 5.82 Å². The number of urea groups is 1. The Morgan fingerprint density at radius 2 is 1.73 bits per heavy atom. The molecule has 0 aliphatic carbocycles. The summed E-state index contributed by atoms with van der Waals surface area (Å²) in [5.41, 5.74) is 2.73. The fourth-order valence-corrected chi connectivity index (χ4v) is 6.18. The molecule has 200 valence electrons. The van der Waals surface area contributed by atoms with Crippen LogP contribution in [0.4, 0.5) is 27.7 Å². The number of carbonyl (C=O) groups is 2. The zero-order valence-electron chi connectivity index (χ0n) is 21.1. The summed E-state index contributed by atoms with van der Waals surface area (Å²) in [6, 6.07) is 24.8. The van der Waals surface area contributed by atoms with E-state index >= 15 is 0 Å². The third-order valence-corrected chi connectivity index (χ3v) is 8.34. The number of anilines is 4. The van der Waals surface area contributed by atoms with Crippen LogP contribution in [0, 0.1) is 0 Å². The van der Waals surface area contributed by atoms with Crippen molar-refractivity contribution in [1.82, 2.24) is 15.3 Å². The van der Waals surface area contributed by atoms with Crippen molar-refractivity contribution < 1.29 is 14.7 Å². The lowest BCUT2D eigenvalue weighted by Crippen LogP contribution is -2.35. The van der Waals surface area contributed by atoms with E-state index in [4.69, 9.17) is 5.11 Å². The molecule has 0 spiro atoms. The number of amides is 3. The first-order valence-corrected chi connectivity index (χ1v) is 14.2. The SMILES string of the molecule is O=C(Nc1ccc(CNCCO)cc1)c1sc2ncnc3c2c1NC(=O)N3c1ccc(Sc2ccccc2)cc1. The Labute approximate surface area is 238 Å². The Bertz CT molecular complexity index is 1670. The van der Waals surface area contributed by atoms with Gasteiger partial charge in [-0.2, -0.15) is 0 Å². The van der Waals surface area contributed by atoms with Crippen LogP contribution in [0.2, 0.25) is 0 Å². The molecule has 6 rings (SSSR count). The van der Waals surface area contributed by atoms with Gasteiger partial charge in [0.2, 0.25) is 0 Å². The van der Waals surface area contributed by atoms with Gasteiger partial charge in [0.1, 0.15) is 16.0 Å². The van der Waals surface area contributed by atoms with E-state index in [1.165, 1.54) is 22.6 Å². The van der Waals surface area contributed by atoms with Crippen LogP contribution in [0.3, 0.4) is 0 Å². The molecule has 11 heteroatoms.